The fraction of sp³-hybridized carbons (Fsp3) is 0.167. The lowest BCUT2D eigenvalue weighted by atomic mass is 10.2. The lowest BCUT2D eigenvalue weighted by molar-refractivity contribution is -0.119. The number of rotatable bonds is 3. The molecule has 1 aromatic carbocycles. The highest BCUT2D eigenvalue weighted by molar-refractivity contribution is 9.10. The number of hydrogen-bond donors (Lipinski definition) is 1. The number of amides is 1. The van der Waals surface area contributed by atoms with E-state index in [4.69, 9.17) is 23.2 Å². The van der Waals surface area contributed by atoms with Gasteiger partial charge in [-0.25, -0.2) is 0 Å². The van der Waals surface area contributed by atoms with Gasteiger partial charge in [-0.2, -0.15) is 5.10 Å². The van der Waals surface area contributed by atoms with Crippen LogP contribution >= 0.6 is 39.1 Å². The van der Waals surface area contributed by atoms with E-state index in [2.05, 4.69) is 26.3 Å². The van der Waals surface area contributed by atoms with E-state index >= 15 is 0 Å². The average molecular weight is 363 g/mol. The van der Waals surface area contributed by atoms with Gasteiger partial charge in [0.25, 0.3) is 0 Å². The van der Waals surface area contributed by atoms with E-state index in [0.717, 1.165) is 4.47 Å². The Bertz CT molecular complexity index is 615. The summed E-state index contributed by atoms with van der Waals surface area (Å²) in [5.41, 5.74) is 0.484. The largest absolute Gasteiger partial charge is 0.323 e. The van der Waals surface area contributed by atoms with Gasteiger partial charge in [0.05, 0.1) is 21.4 Å². The third-order valence-electron chi connectivity index (χ3n) is 2.53. The topological polar surface area (TPSA) is 46.9 Å². The van der Waals surface area contributed by atoms with E-state index in [0.29, 0.717) is 15.7 Å². The number of benzene rings is 1. The summed E-state index contributed by atoms with van der Waals surface area (Å²) in [6, 6.07) is 4.44. The highest BCUT2D eigenvalue weighted by atomic mass is 79.9. The van der Waals surface area contributed by atoms with Crippen molar-refractivity contribution in [3.05, 3.63) is 45.1 Å². The van der Waals surface area contributed by atoms with Crippen LogP contribution < -0.4 is 5.32 Å². The van der Waals surface area contributed by atoms with Crippen LogP contribution in [0.5, 0.6) is 0 Å². The van der Waals surface area contributed by atoms with Crippen molar-refractivity contribution >= 4 is 50.7 Å². The third-order valence-corrected chi connectivity index (χ3v) is 3.51. The molecule has 0 aliphatic rings. The summed E-state index contributed by atoms with van der Waals surface area (Å²) in [7, 11) is 0. The van der Waals surface area contributed by atoms with Gasteiger partial charge < -0.3 is 5.32 Å². The summed E-state index contributed by atoms with van der Waals surface area (Å²) in [4.78, 5) is 12.1. The van der Waals surface area contributed by atoms with E-state index in [-0.39, 0.29) is 5.91 Å². The Morgan fingerprint density at radius 1 is 1.47 bits per heavy atom. The average Bonchev–Trinajstić information content (AvgIpc) is 2.79. The molecule has 7 heteroatoms. The molecule has 0 saturated heterocycles. The minimum absolute atomic E-state index is 0.222. The quantitative estimate of drug-likeness (QED) is 0.891. The molecule has 1 unspecified atom stereocenters. The first kappa shape index (κ1) is 14.4. The molecule has 1 heterocycles. The van der Waals surface area contributed by atoms with Crippen LogP contribution in [0.4, 0.5) is 5.69 Å². The van der Waals surface area contributed by atoms with E-state index in [9.17, 15) is 4.79 Å². The van der Waals surface area contributed by atoms with Crippen molar-refractivity contribution in [2.24, 2.45) is 0 Å². The number of nitrogens with one attached hydrogen (secondary N) is 1. The molecule has 1 aromatic heterocycles. The summed E-state index contributed by atoms with van der Waals surface area (Å²) in [6.07, 6.45) is 3.35. The second-order valence-corrected chi connectivity index (χ2v) is 5.69. The predicted octanol–water partition coefficient (Wildman–Crippen LogP) is 4.15. The van der Waals surface area contributed by atoms with Crippen molar-refractivity contribution in [3.8, 4) is 0 Å². The molecule has 1 amide bonds. The molecule has 100 valence electrons. The molecule has 0 aliphatic carbocycles. The van der Waals surface area contributed by atoms with Crippen molar-refractivity contribution in [3.63, 3.8) is 0 Å². The molecule has 0 bridgehead atoms. The Labute approximate surface area is 128 Å². The van der Waals surface area contributed by atoms with Crippen molar-refractivity contribution in [2.45, 2.75) is 13.0 Å². The van der Waals surface area contributed by atoms with Crippen LogP contribution in [-0.4, -0.2) is 15.7 Å². The first-order valence-corrected chi connectivity index (χ1v) is 6.98. The van der Waals surface area contributed by atoms with Crippen LogP contribution in [-0.2, 0) is 4.79 Å². The molecule has 4 nitrogen and oxygen atoms in total. The summed E-state index contributed by atoms with van der Waals surface area (Å²) in [5, 5.41) is 7.74. The minimum Gasteiger partial charge on any atom is -0.323 e. The highest BCUT2D eigenvalue weighted by Crippen LogP contribution is 2.26. The maximum absolute atomic E-state index is 12.1. The van der Waals surface area contributed by atoms with Gasteiger partial charge in [0, 0.05) is 11.2 Å². The molecular weight excluding hydrogens is 353 g/mol. The number of hydrogen-bond acceptors (Lipinski definition) is 2. The van der Waals surface area contributed by atoms with Gasteiger partial charge in [0.1, 0.15) is 6.04 Å². The molecule has 0 aliphatic heterocycles. The van der Waals surface area contributed by atoms with E-state index in [1.165, 1.54) is 0 Å². The van der Waals surface area contributed by atoms with Gasteiger partial charge in [-0.15, -0.1) is 0 Å². The Morgan fingerprint density at radius 2 is 2.21 bits per heavy atom. The molecule has 0 saturated carbocycles. The van der Waals surface area contributed by atoms with E-state index in [1.54, 1.807) is 42.2 Å². The second kappa shape index (κ2) is 5.94. The zero-order valence-corrected chi connectivity index (χ0v) is 13.0. The standard InChI is InChI=1S/C12H10BrCl2N3O/c1-7(18-6-8(13)5-16-18)12(19)17-11-4-9(14)2-3-10(11)15/h2-7H,1H3,(H,17,19). The number of carbonyl (C=O) groups excluding carboxylic acids is 1. The molecular formula is C12H10BrCl2N3O. The van der Waals surface area contributed by atoms with Crippen molar-refractivity contribution in [2.75, 3.05) is 5.32 Å². The zero-order chi connectivity index (χ0) is 14.0. The Kier molecular flexibility index (Phi) is 4.50. The van der Waals surface area contributed by atoms with E-state index in [1.807, 2.05) is 0 Å². The van der Waals surface area contributed by atoms with Crippen LogP contribution in [0.25, 0.3) is 0 Å². The first-order valence-electron chi connectivity index (χ1n) is 5.43. The van der Waals surface area contributed by atoms with Crippen LogP contribution in [0, 0.1) is 0 Å². The zero-order valence-electron chi connectivity index (χ0n) is 9.90. The van der Waals surface area contributed by atoms with Crippen LogP contribution in [0.15, 0.2) is 35.1 Å². The Morgan fingerprint density at radius 3 is 2.84 bits per heavy atom. The molecule has 2 aromatic rings. The van der Waals surface area contributed by atoms with Gasteiger partial charge in [0.2, 0.25) is 5.91 Å². The van der Waals surface area contributed by atoms with Crippen molar-refractivity contribution in [1.82, 2.24) is 9.78 Å². The first-order chi connectivity index (χ1) is 8.97. The molecule has 2 rings (SSSR count). The highest BCUT2D eigenvalue weighted by Gasteiger charge is 2.17. The number of nitrogens with zero attached hydrogens (tertiary/aromatic N) is 2. The van der Waals surface area contributed by atoms with Gasteiger partial charge in [-0.3, -0.25) is 9.48 Å². The van der Waals surface area contributed by atoms with Crippen LogP contribution in [0.2, 0.25) is 10.0 Å². The SMILES string of the molecule is CC(C(=O)Nc1cc(Cl)ccc1Cl)n1cc(Br)cn1. The lowest BCUT2D eigenvalue weighted by Gasteiger charge is -2.13. The fourth-order valence-electron chi connectivity index (χ4n) is 1.48. The summed E-state index contributed by atoms with van der Waals surface area (Å²) in [5.74, 6) is -0.222. The smallest absolute Gasteiger partial charge is 0.248 e. The second-order valence-electron chi connectivity index (χ2n) is 3.93. The molecule has 1 N–H and O–H groups in total. The maximum Gasteiger partial charge on any atom is 0.248 e. The normalized spacial score (nSPS) is 12.2. The summed E-state index contributed by atoms with van der Waals surface area (Å²) < 4.78 is 2.37. The molecule has 0 radical (unpaired) electrons. The fourth-order valence-corrected chi connectivity index (χ4v) is 2.12. The third kappa shape index (κ3) is 3.49. The Balaban J connectivity index is 2.14. The maximum atomic E-state index is 12.1. The Hall–Kier alpha value is -1.04. The number of carbonyl (C=O) groups is 1. The van der Waals surface area contributed by atoms with Crippen LogP contribution in [0.1, 0.15) is 13.0 Å². The van der Waals surface area contributed by atoms with Crippen molar-refractivity contribution in [1.29, 1.82) is 0 Å². The van der Waals surface area contributed by atoms with Gasteiger partial charge in [0.15, 0.2) is 0 Å². The van der Waals surface area contributed by atoms with Crippen molar-refractivity contribution < 1.29 is 4.79 Å². The molecule has 19 heavy (non-hydrogen) atoms. The van der Waals surface area contributed by atoms with Gasteiger partial charge >= 0.3 is 0 Å². The summed E-state index contributed by atoms with van der Waals surface area (Å²) >= 11 is 15.1. The van der Waals surface area contributed by atoms with Gasteiger partial charge in [-0.05, 0) is 41.1 Å². The predicted molar refractivity (Wildman–Crippen MR) is 79.7 cm³/mol. The van der Waals surface area contributed by atoms with Gasteiger partial charge in [-0.1, -0.05) is 23.2 Å². The van der Waals surface area contributed by atoms with E-state index < -0.39 is 6.04 Å². The lowest BCUT2D eigenvalue weighted by Crippen LogP contribution is -2.24. The monoisotopic (exact) mass is 361 g/mol. The number of aromatic nitrogens is 2. The minimum atomic E-state index is -0.457. The summed E-state index contributed by atoms with van der Waals surface area (Å²) in [6.45, 7) is 1.74. The number of anilines is 1. The molecule has 1 atom stereocenters. The number of halogens is 3. The van der Waals surface area contributed by atoms with Crippen LogP contribution in [0.3, 0.4) is 0 Å². The molecule has 0 spiro atoms. The molecule has 0 fully saturated rings.